The van der Waals surface area contributed by atoms with Crippen LogP contribution in [0.2, 0.25) is 0 Å². The summed E-state index contributed by atoms with van der Waals surface area (Å²) in [5, 5.41) is 23.7. The molecule has 3 heterocycles. The number of likely N-dealkylation sites (tertiary alicyclic amines) is 1. The van der Waals surface area contributed by atoms with Crippen molar-refractivity contribution in [3.8, 4) is 0 Å². The number of rotatable bonds is 9. The molecule has 1 saturated heterocycles. The monoisotopic (exact) mass is 458 g/mol. The predicted octanol–water partition coefficient (Wildman–Crippen LogP) is 3.92. The van der Waals surface area contributed by atoms with Gasteiger partial charge in [-0.3, -0.25) is 4.90 Å². The van der Waals surface area contributed by atoms with Crippen LogP contribution in [0.4, 0.5) is 0 Å². The van der Waals surface area contributed by atoms with Crippen LogP contribution in [0.5, 0.6) is 0 Å². The van der Waals surface area contributed by atoms with Crippen molar-refractivity contribution in [2.45, 2.75) is 44.4 Å². The number of aromatic amines is 1. The molecule has 0 saturated carbocycles. The van der Waals surface area contributed by atoms with Gasteiger partial charge in [-0.1, -0.05) is 55.5 Å². The molecule has 0 bridgehead atoms. The molecule has 4 unspecified atom stereocenters. The summed E-state index contributed by atoms with van der Waals surface area (Å²) in [7, 11) is 0. The van der Waals surface area contributed by atoms with E-state index in [1.165, 1.54) is 22.0 Å². The minimum absolute atomic E-state index is 0.0379. The van der Waals surface area contributed by atoms with Gasteiger partial charge in [0.2, 0.25) is 0 Å². The number of nitrogens with zero attached hydrogens (tertiary/aromatic N) is 4. The summed E-state index contributed by atoms with van der Waals surface area (Å²) in [5.74, 6) is 0.219. The van der Waals surface area contributed by atoms with Gasteiger partial charge in [0.25, 0.3) is 0 Å². The fourth-order valence-electron chi connectivity index (χ4n) is 5.62. The van der Waals surface area contributed by atoms with E-state index >= 15 is 0 Å². The number of para-hydroxylation sites is 1. The minimum atomic E-state index is -0.0379. The molecule has 0 radical (unpaired) electrons. The highest BCUT2D eigenvalue weighted by Gasteiger charge is 2.41. The molecule has 34 heavy (non-hydrogen) atoms. The Balaban J connectivity index is 1.47. The van der Waals surface area contributed by atoms with Crippen molar-refractivity contribution < 1.29 is 5.11 Å². The third-order valence-corrected chi connectivity index (χ3v) is 7.29. The standard InChI is InChI=1S/C27H34N6O/c1-2-12-32-16-27(33-18-30-31-19-33)22(25(17-34)28-14-20-8-4-3-5-9-20)13-26(32)23-15-29-24-11-7-6-10-21(23)24/h3-11,15,18-19,22,25-29,34H,2,12-14,16-17H2,1H3. The molecule has 2 aromatic heterocycles. The average Bonchev–Trinajstić information content (AvgIpc) is 3.56. The second-order valence-electron chi connectivity index (χ2n) is 9.33. The van der Waals surface area contributed by atoms with Gasteiger partial charge in [-0.25, -0.2) is 0 Å². The molecule has 4 aromatic rings. The Morgan fingerprint density at radius 1 is 1.09 bits per heavy atom. The number of hydrogen-bond donors (Lipinski definition) is 3. The van der Waals surface area contributed by atoms with E-state index in [1.54, 1.807) is 0 Å². The Kier molecular flexibility index (Phi) is 7.04. The zero-order chi connectivity index (χ0) is 23.3. The lowest BCUT2D eigenvalue weighted by Crippen LogP contribution is -2.51. The summed E-state index contributed by atoms with van der Waals surface area (Å²) in [6.45, 7) is 4.98. The van der Waals surface area contributed by atoms with Gasteiger partial charge < -0.3 is 20.0 Å². The van der Waals surface area contributed by atoms with Crippen molar-refractivity contribution >= 4 is 10.9 Å². The largest absolute Gasteiger partial charge is 0.395 e. The smallest absolute Gasteiger partial charge is 0.119 e. The molecule has 1 aliphatic rings. The molecular formula is C27H34N6O. The molecule has 178 valence electrons. The lowest BCUT2D eigenvalue weighted by atomic mass is 9.79. The first-order chi connectivity index (χ1) is 16.8. The molecule has 0 aliphatic carbocycles. The van der Waals surface area contributed by atoms with Gasteiger partial charge in [0.05, 0.1) is 12.6 Å². The Morgan fingerprint density at radius 3 is 2.62 bits per heavy atom. The third kappa shape index (κ3) is 4.64. The number of fused-ring (bicyclic) bond motifs is 1. The van der Waals surface area contributed by atoms with E-state index in [0.29, 0.717) is 0 Å². The summed E-state index contributed by atoms with van der Waals surface area (Å²) in [6, 6.07) is 19.4. The van der Waals surface area contributed by atoms with E-state index in [1.807, 2.05) is 18.7 Å². The summed E-state index contributed by atoms with van der Waals surface area (Å²) in [4.78, 5) is 6.07. The van der Waals surface area contributed by atoms with E-state index in [4.69, 9.17) is 0 Å². The van der Waals surface area contributed by atoms with E-state index in [2.05, 4.69) is 91.6 Å². The van der Waals surface area contributed by atoms with E-state index < -0.39 is 0 Å². The van der Waals surface area contributed by atoms with Gasteiger partial charge in [-0.15, -0.1) is 10.2 Å². The highest BCUT2D eigenvalue weighted by atomic mass is 16.3. The molecule has 1 fully saturated rings. The fourth-order valence-corrected chi connectivity index (χ4v) is 5.62. The zero-order valence-electron chi connectivity index (χ0n) is 19.7. The second-order valence-corrected chi connectivity index (χ2v) is 9.33. The van der Waals surface area contributed by atoms with E-state index in [0.717, 1.165) is 32.5 Å². The summed E-state index contributed by atoms with van der Waals surface area (Å²) in [5.41, 5.74) is 3.74. The molecule has 5 rings (SSSR count). The lowest BCUT2D eigenvalue weighted by Gasteiger charge is -2.47. The van der Waals surface area contributed by atoms with Gasteiger partial charge >= 0.3 is 0 Å². The first-order valence-corrected chi connectivity index (χ1v) is 12.3. The van der Waals surface area contributed by atoms with Crippen LogP contribution < -0.4 is 5.32 Å². The normalized spacial score (nSPS) is 22.2. The quantitative estimate of drug-likeness (QED) is 0.354. The van der Waals surface area contributed by atoms with Crippen LogP contribution in [0.25, 0.3) is 10.9 Å². The molecule has 0 spiro atoms. The Morgan fingerprint density at radius 2 is 1.85 bits per heavy atom. The summed E-state index contributed by atoms with van der Waals surface area (Å²) >= 11 is 0. The summed E-state index contributed by atoms with van der Waals surface area (Å²) < 4.78 is 2.13. The average molecular weight is 459 g/mol. The molecule has 1 aliphatic heterocycles. The van der Waals surface area contributed by atoms with Crippen LogP contribution in [0.15, 0.2) is 73.4 Å². The fraction of sp³-hybridized carbons (Fsp3) is 0.407. The number of aliphatic hydroxyl groups is 1. The SMILES string of the molecule is CCCN1CC(n2cnnc2)C(C(CO)NCc2ccccc2)CC1c1c[nH]c2ccccc12. The molecule has 3 N–H and O–H groups in total. The summed E-state index contributed by atoms with van der Waals surface area (Å²) in [6.07, 6.45) is 7.85. The Labute approximate surface area is 200 Å². The maximum absolute atomic E-state index is 10.5. The number of hydrogen-bond acceptors (Lipinski definition) is 5. The van der Waals surface area contributed by atoms with Crippen LogP contribution in [-0.4, -0.2) is 55.5 Å². The minimum Gasteiger partial charge on any atom is -0.395 e. The first kappa shape index (κ1) is 22.8. The maximum atomic E-state index is 10.5. The van der Waals surface area contributed by atoms with Gasteiger partial charge in [-0.05, 0) is 36.6 Å². The molecule has 2 aromatic carbocycles. The number of aliphatic hydroxyl groups excluding tert-OH is 1. The van der Waals surface area contributed by atoms with Crippen LogP contribution in [0.1, 0.15) is 43.0 Å². The zero-order valence-corrected chi connectivity index (χ0v) is 19.7. The molecule has 7 nitrogen and oxygen atoms in total. The van der Waals surface area contributed by atoms with Crippen molar-refractivity contribution in [2.24, 2.45) is 5.92 Å². The lowest BCUT2D eigenvalue weighted by molar-refractivity contribution is 0.0349. The number of nitrogens with one attached hydrogen (secondary N) is 2. The predicted molar refractivity (Wildman–Crippen MR) is 134 cm³/mol. The van der Waals surface area contributed by atoms with Crippen molar-refractivity contribution in [1.82, 2.24) is 30.0 Å². The van der Waals surface area contributed by atoms with Crippen LogP contribution in [0, 0.1) is 5.92 Å². The maximum Gasteiger partial charge on any atom is 0.119 e. The highest BCUT2D eigenvalue weighted by Crippen LogP contribution is 2.42. The van der Waals surface area contributed by atoms with Crippen molar-refractivity contribution in [1.29, 1.82) is 0 Å². The second kappa shape index (κ2) is 10.5. The van der Waals surface area contributed by atoms with Crippen molar-refractivity contribution in [3.63, 3.8) is 0 Å². The van der Waals surface area contributed by atoms with Gasteiger partial charge in [0.15, 0.2) is 0 Å². The van der Waals surface area contributed by atoms with Crippen molar-refractivity contribution in [3.05, 3.63) is 84.6 Å². The number of H-pyrrole nitrogens is 1. The van der Waals surface area contributed by atoms with Gasteiger partial charge in [0, 0.05) is 48.2 Å². The van der Waals surface area contributed by atoms with Crippen LogP contribution in [-0.2, 0) is 6.54 Å². The van der Waals surface area contributed by atoms with Crippen LogP contribution in [0.3, 0.4) is 0 Å². The van der Waals surface area contributed by atoms with Gasteiger partial charge in [0.1, 0.15) is 12.7 Å². The number of piperidine rings is 1. The molecule has 7 heteroatoms. The van der Waals surface area contributed by atoms with E-state index in [9.17, 15) is 5.11 Å². The highest BCUT2D eigenvalue weighted by molar-refractivity contribution is 5.83. The molecule has 0 amide bonds. The Hall–Kier alpha value is -3.00. The number of aromatic nitrogens is 4. The topological polar surface area (TPSA) is 82.0 Å². The number of benzene rings is 2. The Bertz CT molecular complexity index is 1160. The van der Waals surface area contributed by atoms with Crippen LogP contribution >= 0.6 is 0 Å². The molecular weight excluding hydrogens is 424 g/mol. The molecule has 4 atom stereocenters. The first-order valence-electron chi connectivity index (χ1n) is 12.3. The van der Waals surface area contributed by atoms with Gasteiger partial charge in [-0.2, -0.15) is 0 Å². The third-order valence-electron chi connectivity index (χ3n) is 7.29. The van der Waals surface area contributed by atoms with Crippen molar-refractivity contribution in [2.75, 3.05) is 19.7 Å². The van der Waals surface area contributed by atoms with E-state index in [-0.39, 0.29) is 30.7 Å².